The lowest BCUT2D eigenvalue weighted by Gasteiger charge is -2.43. The summed E-state index contributed by atoms with van der Waals surface area (Å²) in [6, 6.07) is 0.169. The van der Waals surface area contributed by atoms with Crippen molar-refractivity contribution in [2.24, 2.45) is 5.92 Å². The summed E-state index contributed by atoms with van der Waals surface area (Å²) in [6.07, 6.45) is 7.76. The molecule has 2 N–H and O–H groups in total. The van der Waals surface area contributed by atoms with Crippen LogP contribution in [-0.2, 0) is 0 Å². The molecule has 0 spiro atoms. The average Bonchev–Trinajstić information content (AvgIpc) is 3.06. The first-order valence-electron chi connectivity index (χ1n) is 8.04. The third-order valence-corrected chi connectivity index (χ3v) is 5.33. The van der Waals surface area contributed by atoms with E-state index in [4.69, 9.17) is 0 Å². The second-order valence-electron chi connectivity index (χ2n) is 6.83. The quantitative estimate of drug-likeness (QED) is 0.878. The van der Waals surface area contributed by atoms with E-state index in [1.54, 1.807) is 6.20 Å². The Morgan fingerprint density at radius 2 is 2.24 bits per heavy atom. The fraction of sp³-hybridized carbons (Fsp3) is 0.750. The van der Waals surface area contributed by atoms with E-state index < -0.39 is 5.60 Å². The van der Waals surface area contributed by atoms with E-state index in [9.17, 15) is 9.90 Å². The van der Waals surface area contributed by atoms with E-state index in [2.05, 4.69) is 10.2 Å². The Morgan fingerprint density at radius 1 is 1.43 bits per heavy atom. The summed E-state index contributed by atoms with van der Waals surface area (Å²) in [4.78, 5) is 14.8. The predicted octanol–water partition coefficient (Wildman–Crippen LogP) is 2.26. The first kappa shape index (κ1) is 14.6. The van der Waals surface area contributed by atoms with Crippen molar-refractivity contribution >= 4 is 5.91 Å². The van der Waals surface area contributed by atoms with Gasteiger partial charge in [-0.05, 0) is 39.5 Å². The Balaban J connectivity index is 1.82. The van der Waals surface area contributed by atoms with Crippen molar-refractivity contribution in [2.45, 2.75) is 64.0 Å². The predicted molar refractivity (Wildman–Crippen MR) is 80.0 cm³/mol. The summed E-state index contributed by atoms with van der Waals surface area (Å²) in [5.74, 6) is 0.259. The molecular weight excluding hydrogens is 266 g/mol. The number of hydrogen-bond donors (Lipinski definition) is 2. The minimum absolute atomic E-state index is 0.0603. The van der Waals surface area contributed by atoms with Gasteiger partial charge in [0.2, 0.25) is 0 Å². The Kier molecular flexibility index (Phi) is 3.78. The number of aliphatic hydroxyl groups is 1. The zero-order valence-corrected chi connectivity index (χ0v) is 12.9. The van der Waals surface area contributed by atoms with Crippen molar-refractivity contribution in [3.8, 4) is 0 Å². The molecule has 0 radical (unpaired) electrons. The Morgan fingerprint density at radius 3 is 2.90 bits per heavy atom. The van der Waals surface area contributed by atoms with Crippen molar-refractivity contribution in [1.82, 2.24) is 15.1 Å². The lowest BCUT2D eigenvalue weighted by atomic mass is 9.72. The highest BCUT2D eigenvalue weighted by Crippen LogP contribution is 2.41. The van der Waals surface area contributed by atoms with Gasteiger partial charge in [0.05, 0.1) is 17.4 Å². The smallest absolute Gasteiger partial charge is 0.257 e. The minimum Gasteiger partial charge on any atom is -0.390 e. The summed E-state index contributed by atoms with van der Waals surface area (Å²) >= 11 is 0. The first-order chi connectivity index (χ1) is 10.0. The van der Waals surface area contributed by atoms with Crippen LogP contribution in [-0.4, -0.2) is 44.3 Å². The van der Waals surface area contributed by atoms with Crippen LogP contribution in [0.3, 0.4) is 0 Å². The zero-order valence-electron chi connectivity index (χ0n) is 12.9. The molecule has 21 heavy (non-hydrogen) atoms. The molecule has 1 amide bonds. The van der Waals surface area contributed by atoms with Crippen LogP contribution < -0.4 is 0 Å². The molecule has 1 saturated carbocycles. The van der Waals surface area contributed by atoms with Gasteiger partial charge in [-0.2, -0.15) is 5.10 Å². The number of rotatable bonds is 2. The van der Waals surface area contributed by atoms with Crippen LogP contribution >= 0.6 is 0 Å². The van der Waals surface area contributed by atoms with Crippen LogP contribution in [0.2, 0.25) is 0 Å². The number of H-pyrrole nitrogens is 1. The topological polar surface area (TPSA) is 69.2 Å². The summed E-state index contributed by atoms with van der Waals surface area (Å²) < 4.78 is 0. The van der Waals surface area contributed by atoms with Gasteiger partial charge >= 0.3 is 0 Å². The van der Waals surface area contributed by atoms with Crippen molar-refractivity contribution < 1.29 is 9.90 Å². The molecule has 2 heterocycles. The molecule has 1 aliphatic carbocycles. The fourth-order valence-electron chi connectivity index (χ4n) is 4.13. The maximum Gasteiger partial charge on any atom is 0.257 e. The van der Waals surface area contributed by atoms with Gasteiger partial charge in [-0.25, -0.2) is 0 Å². The maximum atomic E-state index is 12.8. The Hall–Kier alpha value is -1.36. The van der Waals surface area contributed by atoms with Crippen LogP contribution in [0.1, 0.15) is 61.5 Å². The van der Waals surface area contributed by atoms with E-state index in [1.165, 1.54) is 0 Å². The summed E-state index contributed by atoms with van der Waals surface area (Å²) in [5, 5.41) is 17.5. The third-order valence-electron chi connectivity index (χ3n) is 5.33. The molecule has 5 heteroatoms. The highest BCUT2D eigenvalue weighted by Gasteiger charge is 2.44. The molecule has 0 unspecified atom stereocenters. The van der Waals surface area contributed by atoms with Gasteiger partial charge in [0.25, 0.3) is 5.91 Å². The number of aromatic nitrogens is 2. The largest absolute Gasteiger partial charge is 0.390 e. The molecule has 3 atom stereocenters. The number of aromatic amines is 1. The summed E-state index contributed by atoms with van der Waals surface area (Å²) in [7, 11) is 0. The van der Waals surface area contributed by atoms with Gasteiger partial charge in [-0.3, -0.25) is 9.89 Å². The van der Waals surface area contributed by atoms with E-state index in [-0.39, 0.29) is 17.9 Å². The first-order valence-corrected chi connectivity index (χ1v) is 8.04. The van der Waals surface area contributed by atoms with E-state index in [1.807, 2.05) is 18.7 Å². The van der Waals surface area contributed by atoms with Gasteiger partial charge in [-0.15, -0.1) is 0 Å². The van der Waals surface area contributed by atoms with E-state index in [0.29, 0.717) is 5.56 Å². The number of aryl methyl sites for hydroxylation is 1. The Labute approximate surface area is 125 Å². The lowest BCUT2D eigenvalue weighted by Crippen LogP contribution is -2.50. The molecule has 5 nitrogen and oxygen atoms in total. The van der Waals surface area contributed by atoms with Gasteiger partial charge in [0.15, 0.2) is 0 Å². The fourth-order valence-corrected chi connectivity index (χ4v) is 4.13. The summed E-state index contributed by atoms with van der Waals surface area (Å²) in [6.45, 7) is 4.61. The van der Waals surface area contributed by atoms with Crippen LogP contribution in [0.5, 0.6) is 0 Å². The number of carbonyl (C=O) groups excluding carboxylic acids is 1. The normalized spacial score (nSPS) is 33.4. The highest BCUT2D eigenvalue weighted by molar-refractivity contribution is 5.95. The molecule has 1 saturated heterocycles. The van der Waals surface area contributed by atoms with Gasteiger partial charge < -0.3 is 10.0 Å². The third kappa shape index (κ3) is 2.59. The second-order valence-corrected chi connectivity index (χ2v) is 6.83. The van der Waals surface area contributed by atoms with E-state index >= 15 is 0 Å². The average molecular weight is 291 g/mol. The number of hydrogen-bond acceptors (Lipinski definition) is 3. The van der Waals surface area contributed by atoms with Crippen molar-refractivity contribution in [3.05, 3.63) is 17.5 Å². The zero-order chi connectivity index (χ0) is 15.0. The Bertz CT molecular complexity index is 523. The molecule has 1 aromatic heterocycles. The second kappa shape index (κ2) is 5.44. The van der Waals surface area contributed by atoms with E-state index in [0.717, 1.165) is 50.8 Å². The standard InChI is InChI=1S/C16H25N3O2/c1-11-12(10-17-18-11)15(20)19-9-5-7-14(19)13-6-3-4-8-16(13,2)21/h10,13-14,21H,3-9H2,1-2H3,(H,17,18)/t13-,14-,16-/m1/s1. The molecule has 116 valence electrons. The molecule has 2 aliphatic rings. The number of nitrogens with one attached hydrogen (secondary N) is 1. The van der Waals surface area contributed by atoms with Crippen LogP contribution in [0, 0.1) is 12.8 Å². The van der Waals surface area contributed by atoms with Crippen molar-refractivity contribution in [1.29, 1.82) is 0 Å². The lowest BCUT2D eigenvalue weighted by molar-refractivity contribution is -0.0577. The van der Waals surface area contributed by atoms with Crippen molar-refractivity contribution in [3.63, 3.8) is 0 Å². The minimum atomic E-state index is -0.642. The summed E-state index contributed by atoms with van der Waals surface area (Å²) in [5.41, 5.74) is 0.843. The molecule has 0 aromatic carbocycles. The highest BCUT2D eigenvalue weighted by atomic mass is 16.3. The molecule has 2 fully saturated rings. The van der Waals surface area contributed by atoms with Crippen molar-refractivity contribution in [2.75, 3.05) is 6.54 Å². The van der Waals surface area contributed by atoms with Crippen LogP contribution in [0.15, 0.2) is 6.20 Å². The number of likely N-dealkylation sites (tertiary alicyclic amines) is 1. The molecule has 0 bridgehead atoms. The maximum absolute atomic E-state index is 12.8. The SMILES string of the molecule is Cc1[nH]ncc1C(=O)N1CCC[C@@H]1[C@H]1CCCC[C@@]1(C)O. The van der Waals surface area contributed by atoms with Crippen LogP contribution in [0.4, 0.5) is 0 Å². The molecule has 1 aromatic rings. The number of amides is 1. The van der Waals surface area contributed by atoms with Gasteiger partial charge in [0.1, 0.15) is 0 Å². The monoisotopic (exact) mass is 291 g/mol. The molecular formula is C16H25N3O2. The van der Waals surface area contributed by atoms with Crippen LogP contribution in [0.25, 0.3) is 0 Å². The molecule has 1 aliphatic heterocycles. The number of nitrogens with zero attached hydrogens (tertiary/aromatic N) is 2. The van der Waals surface area contributed by atoms with Gasteiger partial charge in [0, 0.05) is 24.2 Å². The van der Waals surface area contributed by atoms with Gasteiger partial charge in [-0.1, -0.05) is 12.8 Å². The number of carbonyl (C=O) groups is 1. The molecule has 3 rings (SSSR count).